The first-order chi connectivity index (χ1) is 17.0. The van der Waals surface area contributed by atoms with Crippen molar-refractivity contribution in [2.24, 2.45) is 0 Å². The lowest BCUT2D eigenvalue weighted by Crippen LogP contribution is -2.40. The lowest BCUT2D eigenvalue weighted by atomic mass is 10.0. The fourth-order valence-electron chi connectivity index (χ4n) is 3.46. The summed E-state index contributed by atoms with van der Waals surface area (Å²) in [7, 11) is 0. The maximum atomic E-state index is 14.8. The second-order valence-corrected chi connectivity index (χ2v) is 8.90. The highest BCUT2D eigenvalue weighted by Crippen LogP contribution is 2.35. The van der Waals surface area contributed by atoms with Crippen LogP contribution in [0.4, 0.5) is 28.4 Å². The van der Waals surface area contributed by atoms with Crippen molar-refractivity contribution in [3.05, 3.63) is 77.6 Å². The zero-order chi connectivity index (χ0) is 26.0. The Morgan fingerprint density at radius 2 is 1.70 bits per heavy atom. The number of benzene rings is 3. The van der Waals surface area contributed by atoms with E-state index in [1.807, 2.05) is 0 Å². The second kappa shape index (κ2) is 11.0. The highest BCUT2D eigenvalue weighted by atomic mass is 32.1. The number of carboxylic acid groups (broad SMARTS) is 1. The number of carbonyl (C=O) groups is 2. The second-order valence-electron chi connectivity index (χ2n) is 7.87. The summed E-state index contributed by atoms with van der Waals surface area (Å²) in [6.07, 6.45) is -4.23. The largest absolute Gasteiger partial charge is 0.480 e. The highest BCUT2D eigenvalue weighted by Gasteiger charge is 2.30. The Hall–Kier alpha value is -3.99. The molecule has 0 spiro atoms. The predicted molar refractivity (Wildman–Crippen MR) is 136 cm³/mol. The van der Waals surface area contributed by atoms with Crippen molar-refractivity contribution in [1.82, 2.24) is 10.3 Å². The van der Waals surface area contributed by atoms with Crippen molar-refractivity contribution in [1.29, 1.82) is 0 Å². The fourth-order valence-corrected chi connectivity index (χ4v) is 4.38. The van der Waals surface area contributed by atoms with Crippen LogP contribution in [0.3, 0.4) is 0 Å². The number of carbonyl (C=O) groups excluding carboxylic acids is 1. The number of hydrogen-bond donors (Lipinski definition) is 3. The van der Waals surface area contributed by atoms with E-state index in [4.69, 9.17) is 5.11 Å². The van der Waals surface area contributed by atoms with Crippen LogP contribution < -0.4 is 10.6 Å². The predicted octanol–water partition coefficient (Wildman–Crippen LogP) is 7.09. The molecule has 0 unspecified atom stereocenters. The lowest BCUT2D eigenvalue weighted by molar-refractivity contribution is -0.139. The SMILES string of the molecule is C.CC[C@H](NC(=O)c1ccc(-c2ccc(Nc3nc4ccc(C(F)(F)F)cc4s3)c(F)c2)cc1)C(=O)O. The monoisotopic (exact) mass is 533 g/mol. The molecule has 4 rings (SSSR count). The quantitative estimate of drug-likeness (QED) is 0.221. The molecule has 0 aliphatic rings. The molecular formula is C26H23F4N3O3S. The minimum atomic E-state index is -4.47. The number of alkyl halides is 3. The molecule has 0 bridgehead atoms. The van der Waals surface area contributed by atoms with Gasteiger partial charge in [0, 0.05) is 5.56 Å². The maximum Gasteiger partial charge on any atom is 0.416 e. The number of carboxylic acids is 1. The van der Waals surface area contributed by atoms with Crippen molar-refractivity contribution >= 4 is 44.2 Å². The molecule has 1 heterocycles. The molecule has 1 aromatic heterocycles. The Kier molecular flexibility index (Phi) is 8.17. The van der Waals surface area contributed by atoms with Gasteiger partial charge in [-0.2, -0.15) is 13.2 Å². The third kappa shape index (κ3) is 6.23. The minimum Gasteiger partial charge on any atom is -0.480 e. The summed E-state index contributed by atoms with van der Waals surface area (Å²) < 4.78 is 53.9. The van der Waals surface area contributed by atoms with Crippen LogP contribution in [0.5, 0.6) is 0 Å². The van der Waals surface area contributed by atoms with Gasteiger partial charge in [0.25, 0.3) is 5.91 Å². The molecule has 4 aromatic rings. The average molecular weight is 534 g/mol. The molecule has 6 nitrogen and oxygen atoms in total. The topological polar surface area (TPSA) is 91.3 Å². The van der Waals surface area contributed by atoms with Gasteiger partial charge in [-0.25, -0.2) is 14.2 Å². The summed E-state index contributed by atoms with van der Waals surface area (Å²) >= 11 is 0.980. The van der Waals surface area contributed by atoms with Gasteiger partial charge in [-0.1, -0.05) is 43.9 Å². The normalized spacial score (nSPS) is 12.0. The fraction of sp³-hybridized carbons (Fsp3) is 0.192. The van der Waals surface area contributed by atoms with Gasteiger partial charge >= 0.3 is 12.1 Å². The van der Waals surface area contributed by atoms with E-state index in [0.29, 0.717) is 21.3 Å². The van der Waals surface area contributed by atoms with E-state index < -0.39 is 35.5 Å². The number of thiazole rings is 1. The molecule has 0 saturated carbocycles. The van der Waals surface area contributed by atoms with Gasteiger partial charge in [0.2, 0.25) is 0 Å². The molecule has 11 heteroatoms. The molecule has 1 amide bonds. The molecular weight excluding hydrogens is 510 g/mol. The van der Waals surface area contributed by atoms with E-state index in [-0.39, 0.29) is 30.2 Å². The van der Waals surface area contributed by atoms with Crippen LogP contribution in [0.2, 0.25) is 0 Å². The third-order valence-electron chi connectivity index (χ3n) is 5.42. The summed E-state index contributed by atoms with van der Waals surface area (Å²) in [5, 5.41) is 14.6. The van der Waals surface area contributed by atoms with Crippen LogP contribution in [0.15, 0.2) is 60.7 Å². The van der Waals surface area contributed by atoms with Crippen molar-refractivity contribution in [2.75, 3.05) is 5.32 Å². The lowest BCUT2D eigenvalue weighted by Gasteiger charge is -2.12. The molecule has 0 saturated heterocycles. The van der Waals surface area contributed by atoms with Crippen LogP contribution in [-0.2, 0) is 11.0 Å². The van der Waals surface area contributed by atoms with Gasteiger partial charge in [-0.15, -0.1) is 0 Å². The first-order valence-electron chi connectivity index (χ1n) is 10.7. The van der Waals surface area contributed by atoms with Gasteiger partial charge in [0.15, 0.2) is 5.13 Å². The van der Waals surface area contributed by atoms with Crippen LogP contribution in [-0.4, -0.2) is 28.0 Å². The zero-order valence-electron chi connectivity index (χ0n) is 18.7. The first kappa shape index (κ1) is 27.6. The number of hydrogen-bond acceptors (Lipinski definition) is 5. The summed E-state index contributed by atoms with van der Waals surface area (Å²) in [4.78, 5) is 27.6. The zero-order valence-corrected chi connectivity index (χ0v) is 19.5. The number of nitrogens with one attached hydrogen (secondary N) is 2. The van der Waals surface area contributed by atoms with E-state index in [1.165, 1.54) is 30.3 Å². The van der Waals surface area contributed by atoms with Crippen LogP contribution >= 0.6 is 11.3 Å². The van der Waals surface area contributed by atoms with E-state index in [2.05, 4.69) is 15.6 Å². The molecule has 0 aliphatic carbocycles. The number of aromatic nitrogens is 1. The van der Waals surface area contributed by atoms with Crippen molar-refractivity contribution in [2.45, 2.75) is 33.0 Å². The third-order valence-corrected chi connectivity index (χ3v) is 6.35. The van der Waals surface area contributed by atoms with Gasteiger partial charge in [-0.05, 0) is 60.0 Å². The molecule has 37 heavy (non-hydrogen) atoms. The summed E-state index contributed by atoms with van der Waals surface area (Å²) in [5.74, 6) is -2.25. The Labute approximate surface area is 214 Å². The average Bonchev–Trinajstić information content (AvgIpc) is 3.24. The van der Waals surface area contributed by atoms with Gasteiger partial charge < -0.3 is 15.7 Å². The number of amides is 1. The van der Waals surface area contributed by atoms with E-state index >= 15 is 0 Å². The Morgan fingerprint density at radius 3 is 2.30 bits per heavy atom. The van der Waals surface area contributed by atoms with E-state index in [0.717, 1.165) is 23.5 Å². The standard InChI is InChI=1S/C25H19F4N3O3S.CH4/c1-2-18(23(34)35)30-22(33)14-5-3-13(4-6-14)15-7-9-19(17(26)11-15)31-24-32-20-10-8-16(25(27,28)29)12-21(20)36-24;/h3-12,18H,2H2,1H3,(H,30,33)(H,31,32)(H,34,35);1H4/t18-;/m0./s1. The Bertz CT molecular complexity index is 1440. The molecule has 1 atom stereocenters. The van der Waals surface area contributed by atoms with E-state index in [1.54, 1.807) is 25.1 Å². The Morgan fingerprint density at radius 1 is 1.03 bits per heavy atom. The van der Waals surface area contributed by atoms with Gasteiger partial charge in [0.05, 0.1) is 21.5 Å². The van der Waals surface area contributed by atoms with Crippen molar-refractivity contribution in [3.63, 3.8) is 0 Å². The molecule has 3 aromatic carbocycles. The number of aliphatic carboxylic acids is 1. The van der Waals surface area contributed by atoms with Gasteiger partial charge in [-0.3, -0.25) is 4.79 Å². The Balaban J connectivity index is 0.00000380. The van der Waals surface area contributed by atoms with Crippen molar-refractivity contribution in [3.8, 4) is 11.1 Å². The highest BCUT2D eigenvalue weighted by molar-refractivity contribution is 7.22. The molecule has 0 aliphatic heterocycles. The molecule has 0 radical (unpaired) electrons. The molecule has 0 fully saturated rings. The number of rotatable bonds is 7. The van der Waals surface area contributed by atoms with Crippen LogP contribution in [0, 0.1) is 5.82 Å². The van der Waals surface area contributed by atoms with Crippen LogP contribution in [0.1, 0.15) is 36.7 Å². The van der Waals surface area contributed by atoms with Crippen molar-refractivity contribution < 1.29 is 32.3 Å². The summed E-state index contributed by atoms with van der Waals surface area (Å²) in [6.45, 7) is 1.65. The number of nitrogens with zero attached hydrogens (tertiary/aromatic N) is 1. The summed E-state index contributed by atoms with van der Waals surface area (Å²) in [5.41, 5.74) is 1.11. The summed E-state index contributed by atoms with van der Waals surface area (Å²) in [6, 6.07) is 12.9. The molecule has 194 valence electrons. The smallest absolute Gasteiger partial charge is 0.416 e. The molecule has 3 N–H and O–H groups in total. The maximum absolute atomic E-state index is 14.8. The minimum absolute atomic E-state index is 0. The number of anilines is 2. The first-order valence-corrected chi connectivity index (χ1v) is 11.5. The van der Waals surface area contributed by atoms with E-state index in [9.17, 15) is 27.2 Å². The van der Waals surface area contributed by atoms with Gasteiger partial charge in [0.1, 0.15) is 11.9 Å². The van der Waals surface area contributed by atoms with Crippen LogP contribution in [0.25, 0.3) is 21.3 Å². The number of halogens is 4. The number of fused-ring (bicyclic) bond motifs is 1.